The van der Waals surface area contributed by atoms with Crippen LogP contribution in [0.15, 0.2) is 72.9 Å². The van der Waals surface area contributed by atoms with Crippen LogP contribution in [0.5, 0.6) is 0 Å². The molecule has 1 aliphatic heterocycles. The predicted octanol–water partition coefficient (Wildman–Crippen LogP) is 4.97. The highest BCUT2D eigenvalue weighted by molar-refractivity contribution is 7.17. The summed E-state index contributed by atoms with van der Waals surface area (Å²) in [5.41, 5.74) is 2.19. The third kappa shape index (κ3) is 5.87. The van der Waals surface area contributed by atoms with Gasteiger partial charge in [-0.2, -0.15) is 0 Å². The summed E-state index contributed by atoms with van der Waals surface area (Å²) in [5, 5.41) is 6.64. The van der Waals surface area contributed by atoms with Gasteiger partial charge in [-0.15, -0.1) is 0 Å². The average Bonchev–Trinajstić information content (AvgIpc) is 3.47. The van der Waals surface area contributed by atoms with E-state index in [-0.39, 0.29) is 11.7 Å². The second-order valence-electron chi connectivity index (χ2n) is 7.33. The van der Waals surface area contributed by atoms with Crippen molar-refractivity contribution < 1.29 is 9.59 Å². The summed E-state index contributed by atoms with van der Waals surface area (Å²) in [4.78, 5) is 31.8. The first-order valence-corrected chi connectivity index (χ1v) is 11.1. The molecule has 3 aromatic rings. The summed E-state index contributed by atoms with van der Waals surface area (Å²) in [6.45, 7) is 3.06. The molecule has 0 bridgehead atoms. The molecule has 2 heterocycles. The van der Waals surface area contributed by atoms with E-state index in [0.717, 1.165) is 31.0 Å². The minimum Gasteiger partial charge on any atom is -0.332 e. The van der Waals surface area contributed by atoms with E-state index in [4.69, 9.17) is 0 Å². The number of para-hydroxylation sites is 1. The molecule has 0 aliphatic carbocycles. The number of ketones is 1. The van der Waals surface area contributed by atoms with Crippen LogP contribution in [0.3, 0.4) is 0 Å². The van der Waals surface area contributed by atoms with Gasteiger partial charge in [0.25, 0.3) is 5.91 Å². The molecule has 0 saturated carbocycles. The van der Waals surface area contributed by atoms with Crippen molar-refractivity contribution in [1.29, 1.82) is 0 Å². The number of nitrogens with zero attached hydrogens (tertiary/aromatic N) is 2. The summed E-state index contributed by atoms with van der Waals surface area (Å²) in [7, 11) is 0. The van der Waals surface area contributed by atoms with Crippen molar-refractivity contribution in [3.05, 3.63) is 83.4 Å². The van der Waals surface area contributed by atoms with Crippen LogP contribution in [-0.2, 0) is 0 Å². The number of thiazole rings is 1. The summed E-state index contributed by atoms with van der Waals surface area (Å²) in [6, 6.07) is 16.6. The number of rotatable bonds is 8. The number of aromatic nitrogens is 1. The highest BCUT2D eigenvalue weighted by atomic mass is 32.1. The second kappa shape index (κ2) is 10.1. The molecule has 6 nitrogen and oxygen atoms in total. The summed E-state index contributed by atoms with van der Waals surface area (Å²) < 4.78 is 0. The lowest BCUT2D eigenvalue weighted by Gasteiger charge is -2.10. The first kappa shape index (κ1) is 21.0. The van der Waals surface area contributed by atoms with Gasteiger partial charge in [0.15, 0.2) is 10.9 Å². The Bertz CT molecular complexity index is 1050. The molecule has 1 aliphatic rings. The van der Waals surface area contributed by atoms with Crippen molar-refractivity contribution in [3.63, 3.8) is 0 Å². The minimum absolute atomic E-state index is 0.000125. The van der Waals surface area contributed by atoms with Crippen molar-refractivity contribution in [1.82, 2.24) is 9.88 Å². The van der Waals surface area contributed by atoms with Crippen molar-refractivity contribution >= 4 is 39.5 Å². The fourth-order valence-electron chi connectivity index (χ4n) is 3.36. The number of likely N-dealkylation sites (tertiary alicyclic amines) is 1. The van der Waals surface area contributed by atoms with E-state index in [1.165, 1.54) is 24.2 Å². The smallest absolute Gasteiger partial charge is 0.267 e. The van der Waals surface area contributed by atoms with Gasteiger partial charge in [-0.1, -0.05) is 35.6 Å². The largest absolute Gasteiger partial charge is 0.332 e. The molecule has 0 unspecified atom stereocenters. The van der Waals surface area contributed by atoms with E-state index in [2.05, 4.69) is 20.5 Å². The molecule has 158 valence electrons. The number of hydrogen-bond donors (Lipinski definition) is 2. The zero-order valence-corrected chi connectivity index (χ0v) is 17.9. The van der Waals surface area contributed by atoms with E-state index in [0.29, 0.717) is 15.6 Å². The lowest BCUT2D eigenvalue weighted by molar-refractivity contribution is 0.102. The number of carbonyl (C=O) groups is 2. The number of anilines is 3. The third-order valence-corrected chi connectivity index (χ3v) is 5.92. The first-order chi connectivity index (χ1) is 15.2. The molecule has 7 heteroatoms. The fourth-order valence-corrected chi connectivity index (χ4v) is 4.09. The number of hydrogen-bond acceptors (Lipinski definition) is 6. The zero-order valence-electron chi connectivity index (χ0n) is 17.1. The number of allylic oxidation sites excluding steroid dienone is 1. The Labute approximate surface area is 185 Å². The third-order valence-electron chi connectivity index (χ3n) is 5.01. The van der Waals surface area contributed by atoms with Crippen LogP contribution in [0.2, 0.25) is 0 Å². The molecule has 1 amide bonds. The fraction of sp³-hybridized carbons (Fsp3) is 0.208. The number of amides is 1. The van der Waals surface area contributed by atoms with Gasteiger partial charge >= 0.3 is 0 Å². The molecule has 0 atom stereocenters. The summed E-state index contributed by atoms with van der Waals surface area (Å²) in [5.74, 6) is -0.196. The summed E-state index contributed by atoms with van der Waals surface area (Å²) in [6.07, 6.45) is 7.63. The maximum absolute atomic E-state index is 12.4. The molecule has 1 fully saturated rings. The number of benzene rings is 2. The van der Waals surface area contributed by atoms with E-state index >= 15 is 0 Å². The van der Waals surface area contributed by atoms with Crippen molar-refractivity contribution in [2.45, 2.75) is 12.8 Å². The van der Waals surface area contributed by atoms with Crippen molar-refractivity contribution in [2.24, 2.45) is 0 Å². The van der Waals surface area contributed by atoms with Gasteiger partial charge in [0.1, 0.15) is 4.88 Å². The van der Waals surface area contributed by atoms with Crippen LogP contribution < -0.4 is 10.6 Å². The van der Waals surface area contributed by atoms with Gasteiger partial charge in [-0.05, 0) is 68.4 Å². The Balaban J connectivity index is 1.31. The Morgan fingerprint density at radius 3 is 2.48 bits per heavy atom. The van der Waals surface area contributed by atoms with Crippen LogP contribution in [0, 0.1) is 0 Å². The molecular weight excluding hydrogens is 408 g/mol. The first-order valence-electron chi connectivity index (χ1n) is 10.3. The van der Waals surface area contributed by atoms with E-state index < -0.39 is 0 Å². The molecular formula is C24H24N4O2S. The molecule has 0 spiro atoms. The molecule has 2 aromatic carbocycles. The van der Waals surface area contributed by atoms with E-state index in [1.807, 2.05) is 48.5 Å². The zero-order chi connectivity index (χ0) is 21.5. The topological polar surface area (TPSA) is 74.3 Å². The van der Waals surface area contributed by atoms with Crippen LogP contribution in [0.25, 0.3) is 0 Å². The van der Waals surface area contributed by atoms with Crippen molar-refractivity contribution in [3.8, 4) is 0 Å². The molecule has 2 N–H and O–H groups in total. The number of nitrogens with one attached hydrogen (secondary N) is 2. The normalized spacial score (nSPS) is 14.1. The number of carbonyl (C=O) groups excluding carboxylic acids is 2. The standard InChI is InChI=1S/C24H24N4O2S/c29-21(9-6-16-28-14-4-5-15-28)18-10-12-20(13-11-18)27-24-25-17-22(31-24)23(30)26-19-7-2-1-3-8-19/h1-3,6-13,17H,4-5,14-16H2,(H,25,27)(H,26,30)/b9-6+. The van der Waals surface area contributed by atoms with Crippen LogP contribution in [0.1, 0.15) is 32.9 Å². The van der Waals surface area contributed by atoms with E-state index in [9.17, 15) is 9.59 Å². The summed E-state index contributed by atoms with van der Waals surface area (Å²) >= 11 is 1.27. The van der Waals surface area contributed by atoms with Crippen LogP contribution in [0.4, 0.5) is 16.5 Å². The lowest BCUT2D eigenvalue weighted by atomic mass is 10.1. The average molecular weight is 433 g/mol. The second-order valence-corrected chi connectivity index (χ2v) is 8.36. The maximum Gasteiger partial charge on any atom is 0.267 e. The molecule has 1 saturated heterocycles. The van der Waals surface area contributed by atoms with Gasteiger partial charge in [0.2, 0.25) is 0 Å². The van der Waals surface area contributed by atoms with Crippen molar-refractivity contribution in [2.75, 3.05) is 30.3 Å². The van der Waals surface area contributed by atoms with Crippen LogP contribution in [-0.4, -0.2) is 41.2 Å². The molecule has 1 aromatic heterocycles. The lowest BCUT2D eigenvalue weighted by Crippen LogP contribution is -2.18. The highest BCUT2D eigenvalue weighted by Gasteiger charge is 2.12. The Hall–Kier alpha value is -3.29. The molecule has 0 radical (unpaired) electrons. The van der Waals surface area contributed by atoms with E-state index in [1.54, 1.807) is 24.4 Å². The highest BCUT2D eigenvalue weighted by Crippen LogP contribution is 2.24. The van der Waals surface area contributed by atoms with Gasteiger partial charge in [0, 0.05) is 23.5 Å². The quantitative estimate of drug-likeness (QED) is 0.388. The van der Waals surface area contributed by atoms with Gasteiger partial charge in [-0.25, -0.2) is 4.98 Å². The Morgan fingerprint density at radius 2 is 1.74 bits per heavy atom. The Kier molecular flexibility index (Phi) is 6.86. The SMILES string of the molecule is O=C(/C=C/CN1CCCC1)c1ccc(Nc2ncc(C(=O)Nc3ccccc3)s2)cc1. The molecule has 4 rings (SSSR count). The molecule has 31 heavy (non-hydrogen) atoms. The van der Waals surface area contributed by atoms with Gasteiger partial charge in [-0.3, -0.25) is 14.5 Å². The predicted molar refractivity (Wildman–Crippen MR) is 125 cm³/mol. The van der Waals surface area contributed by atoms with Gasteiger partial charge in [0.05, 0.1) is 6.20 Å². The Morgan fingerprint density at radius 1 is 1.00 bits per heavy atom. The maximum atomic E-state index is 12.4. The van der Waals surface area contributed by atoms with Crippen LogP contribution >= 0.6 is 11.3 Å². The monoisotopic (exact) mass is 432 g/mol. The minimum atomic E-state index is -0.196. The van der Waals surface area contributed by atoms with Gasteiger partial charge < -0.3 is 10.6 Å².